The molecular weight excluding hydrogens is 637 g/mol. The number of nitrogens with zero attached hydrogens (tertiary/aromatic N) is 2. The largest absolute Gasteiger partial charge is 0.444 e. The number of H-pyrrole nitrogens is 1. The van der Waals surface area contributed by atoms with Gasteiger partial charge in [0.2, 0.25) is 10.2 Å². The summed E-state index contributed by atoms with van der Waals surface area (Å²) < 4.78 is 72.6. The van der Waals surface area contributed by atoms with Crippen LogP contribution in [0.4, 0.5) is 18.0 Å². The zero-order chi connectivity index (χ0) is 33.5. The number of hydrogen-bond acceptors (Lipinski definition) is 6. The van der Waals surface area contributed by atoms with Crippen LogP contribution in [0.5, 0.6) is 0 Å². The summed E-state index contributed by atoms with van der Waals surface area (Å²) in [4.78, 5) is 43.2. The number of benzene rings is 2. The van der Waals surface area contributed by atoms with Crippen LogP contribution in [0.3, 0.4) is 0 Å². The minimum absolute atomic E-state index is 0.0346. The first kappa shape index (κ1) is 34.7. The average molecular weight is 674 g/mol. The Hall–Kier alpha value is -3.20. The molecule has 1 aromatic heterocycles. The van der Waals surface area contributed by atoms with Crippen molar-refractivity contribution < 1.29 is 31.5 Å². The predicted octanol–water partition coefficient (Wildman–Crippen LogP) is 5.56. The molecule has 1 unspecified atom stereocenters. The van der Waals surface area contributed by atoms with Crippen molar-refractivity contribution in [3.63, 3.8) is 0 Å². The van der Waals surface area contributed by atoms with Crippen molar-refractivity contribution in [2.24, 2.45) is 0 Å². The van der Waals surface area contributed by atoms with Crippen LogP contribution in [-0.4, -0.2) is 55.6 Å². The lowest BCUT2D eigenvalue weighted by Gasteiger charge is -2.34. The Kier molecular flexibility index (Phi) is 9.93. The van der Waals surface area contributed by atoms with Crippen LogP contribution in [-0.2, 0) is 38.4 Å². The number of aryl methyl sites for hydroxylation is 1. The molecule has 2 aromatic carbocycles. The SMILES string of the molecule is CC[S+](=O)(O)c1ccc(C)cc1Cn1c(=O)[nH]c2c(Cl)c(CN3CCC[C@@H](NC(=O)OC(C)(C)C)C3)c(C(F)(F)F)cc2c1=O. The van der Waals surface area contributed by atoms with Crippen LogP contribution in [0.15, 0.2) is 38.8 Å². The fourth-order valence-electron chi connectivity index (χ4n) is 5.43. The summed E-state index contributed by atoms with van der Waals surface area (Å²) in [5.41, 5.74) is -3.45. The summed E-state index contributed by atoms with van der Waals surface area (Å²) in [6.45, 7) is 8.36. The molecule has 1 fully saturated rings. The number of amides is 1. The molecule has 2 atom stereocenters. The van der Waals surface area contributed by atoms with Gasteiger partial charge >= 0.3 is 18.0 Å². The summed E-state index contributed by atoms with van der Waals surface area (Å²) in [6.07, 6.45) is -4.32. The second-order valence-corrected chi connectivity index (χ2v) is 14.9. The van der Waals surface area contributed by atoms with E-state index in [0.717, 1.165) is 0 Å². The van der Waals surface area contributed by atoms with E-state index in [1.807, 2.05) is 0 Å². The van der Waals surface area contributed by atoms with Gasteiger partial charge in [-0.3, -0.25) is 14.3 Å². The molecule has 0 spiro atoms. The molecule has 1 aliphatic heterocycles. The van der Waals surface area contributed by atoms with Crippen LogP contribution >= 0.6 is 11.6 Å². The Morgan fingerprint density at radius 3 is 2.51 bits per heavy atom. The van der Waals surface area contributed by atoms with Crippen LogP contribution in [0.25, 0.3) is 10.9 Å². The Morgan fingerprint density at radius 2 is 1.89 bits per heavy atom. The molecule has 4 rings (SSSR count). The smallest absolute Gasteiger partial charge is 0.416 e. The van der Waals surface area contributed by atoms with Gasteiger partial charge in [0.05, 0.1) is 28.0 Å². The minimum atomic E-state index is -4.89. The molecule has 0 saturated carbocycles. The number of fused-ring (bicyclic) bond motifs is 1. The first-order valence-corrected chi connectivity index (χ1v) is 16.5. The van der Waals surface area contributed by atoms with E-state index in [1.165, 1.54) is 13.0 Å². The van der Waals surface area contributed by atoms with E-state index in [1.54, 1.807) is 44.7 Å². The molecule has 246 valence electrons. The minimum Gasteiger partial charge on any atom is -0.444 e. The monoisotopic (exact) mass is 673 g/mol. The molecule has 1 saturated heterocycles. The van der Waals surface area contributed by atoms with Crippen LogP contribution in [0.2, 0.25) is 5.02 Å². The van der Waals surface area contributed by atoms with E-state index in [2.05, 4.69) is 10.3 Å². The second kappa shape index (κ2) is 12.9. The van der Waals surface area contributed by atoms with E-state index >= 15 is 0 Å². The summed E-state index contributed by atoms with van der Waals surface area (Å²) >= 11 is 6.54. The zero-order valence-corrected chi connectivity index (χ0v) is 27.2. The predicted molar refractivity (Wildman–Crippen MR) is 166 cm³/mol. The molecule has 0 radical (unpaired) electrons. The summed E-state index contributed by atoms with van der Waals surface area (Å²) in [7, 11) is -3.49. The average Bonchev–Trinajstić information content (AvgIpc) is 2.91. The highest BCUT2D eigenvalue weighted by Gasteiger charge is 2.37. The highest BCUT2D eigenvalue weighted by atomic mass is 35.5. The van der Waals surface area contributed by atoms with Gasteiger partial charge in [0.15, 0.2) is 4.90 Å². The maximum atomic E-state index is 14.5. The van der Waals surface area contributed by atoms with Gasteiger partial charge in [-0.05, 0) is 77.8 Å². The first-order chi connectivity index (χ1) is 20.8. The first-order valence-electron chi connectivity index (χ1n) is 14.4. The number of hydrogen-bond donors (Lipinski definition) is 3. The molecule has 3 N–H and O–H groups in total. The van der Waals surface area contributed by atoms with E-state index in [0.29, 0.717) is 35.6 Å². The molecule has 3 aromatic rings. The van der Waals surface area contributed by atoms with Gasteiger partial charge in [-0.2, -0.15) is 17.7 Å². The highest BCUT2D eigenvalue weighted by molar-refractivity contribution is 7.97. The number of likely N-dealkylation sites (tertiary alicyclic amines) is 1. The molecule has 1 amide bonds. The van der Waals surface area contributed by atoms with Gasteiger partial charge in [0, 0.05) is 24.7 Å². The third kappa shape index (κ3) is 7.97. The fourth-order valence-corrected chi connectivity index (χ4v) is 6.86. The maximum absolute atomic E-state index is 14.5. The molecular formula is C30H37ClF3N4O6S+. The molecule has 2 heterocycles. The number of aromatic nitrogens is 2. The summed E-state index contributed by atoms with van der Waals surface area (Å²) in [5.74, 6) is -0.117. The van der Waals surface area contributed by atoms with Crippen molar-refractivity contribution in [3.05, 3.63) is 72.4 Å². The quantitative estimate of drug-likeness (QED) is 0.280. The van der Waals surface area contributed by atoms with Crippen LogP contribution in [0.1, 0.15) is 62.8 Å². The number of alkyl carbamates (subject to hydrolysis) is 1. The number of nitrogens with one attached hydrogen (secondary N) is 2. The highest BCUT2D eigenvalue weighted by Crippen LogP contribution is 2.39. The second-order valence-electron chi connectivity index (χ2n) is 12.2. The fraction of sp³-hybridized carbons (Fsp3) is 0.500. The van der Waals surface area contributed by atoms with Crippen molar-refractivity contribution in [3.8, 4) is 0 Å². The number of ether oxygens (including phenoxy) is 1. The maximum Gasteiger partial charge on any atom is 0.416 e. The molecule has 10 nitrogen and oxygen atoms in total. The van der Waals surface area contributed by atoms with Crippen LogP contribution < -0.4 is 16.6 Å². The van der Waals surface area contributed by atoms with Crippen molar-refractivity contribution in [2.75, 3.05) is 18.8 Å². The van der Waals surface area contributed by atoms with Gasteiger partial charge in [-0.1, -0.05) is 27.4 Å². The number of carbonyl (C=O) groups excluding carboxylic acids is 1. The Bertz CT molecular complexity index is 1780. The molecule has 1 aliphatic rings. The van der Waals surface area contributed by atoms with Gasteiger partial charge in [-0.25, -0.2) is 9.59 Å². The third-order valence-corrected chi connectivity index (χ3v) is 9.80. The Morgan fingerprint density at radius 1 is 1.20 bits per heavy atom. The van der Waals surface area contributed by atoms with Crippen molar-refractivity contribution in [1.29, 1.82) is 0 Å². The molecule has 0 aliphatic carbocycles. The number of alkyl halides is 3. The Balaban J connectivity index is 1.74. The van der Waals surface area contributed by atoms with Gasteiger partial charge in [0.1, 0.15) is 11.4 Å². The normalized spacial score (nSPS) is 17.7. The number of piperidine rings is 1. The summed E-state index contributed by atoms with van der Waals surface area (Å²) in [5, 5.41) is 1.89. The van der Waals surface area contributed by atoms with Crippen molar-refractivity contribution >= 4 is 38.8 Å². The lowest BCUT2D eigenvalue weighted by molar-refractivity contribution is -0.138. The molecule has 0 bridgehead atoms. The Labute approximate surface area is 264 Å². The van der Waals surface area contributed by atoms with Crippen molar-refractivity contribution in [1.82, 2.24) is 19.8 Å². The van der Waals surface area contributed by atoms with E-state index in [-0.39, 0.29) is 46.4 Å². The molecule has 15 heteroatoms. The topological polar surface area (TPSA) is 134 Å². The summed E-state index contributed by atoms with van der Waals surface area (Å²) in [6, 6.07) is 4.92. The number of halogens is 4. The van der Waals surface area contributed by atoms with E-state index < -0.39 is 61.9 Å². The number of rotatable bonds is 7. The number of aromatic amines is 1. The van der Waals surface area contributed by atoms with E-state index in [4.69, 9.17) is 16.3 Å². The van der Waals surface area contributed by atoms with Crippen molar-refractivity contribution in [2.45, 2.75) is 83.3 Å². The number of carbonyl (C=O) groups is 1. The lowest BCUT2D eigenvalue weighted by atomic mass is 10.0. The van der Waals surface area contributed by atoms with Crippen LogP contribution in [0, 0.1) is 6.92 Å². The standard InChI is InChI=1S/C30H36ClF3N4O6S/c1-6-45(42,43)23-10-9-17(2)12-18(23)14-38-26(39)20-13-22(30(32,33)34)21(24(31)25(20)36-27(38)40)16-37-11-7-8-19(15-37)35-28(41)44-29(3,4)5/h9-10,12-13,19H,6-8,11,14-16H2,1-5H3,(H2-,35,36,39,40,41,42,43)/p+1/t19-/m1/s1. The van der Waals surface area contributed by atoms with Gasteiger partial charge in [-0.15, -0.1) is 0 Å². The van der Waals surface area contributed by atoms with E-state index in [9.17, 15) is 36.3 Å². The van der Waals surface area contributed by atoms with Gasteiger partial charge in [0.25, 0.3) is 5.56 Å². The zero-order valence-electron chi connectivity index (χ0n) is 25.6. The van der Waals surface area contributed by atoms with Gasteiger partial charge < -0.3 is 15.0 Å². The third-order valence-electron chi connectivity index (χ3n) is 7.51. The lowest BCUT2D eigenvalue weighted by Crippen LogP contribution is -2.48. The molecule has 45 heavy (non-hydrogen) atoms.